The van der Waals surface area contributed by atoms with E-state index in [4.69, 9.17) is 4.74 Å². The van der Waals surface area contributed by atoms with Crippen molar-refractivity contribution in [2.24, 2.45) is 0 Å². The van der Waals surface area contributed by atoms with Crippen LogP contribution in [0.2, 0.25) is 0 Å². The third-order valence-corrected chi connectivity index (χ3v) is 6.60. The molecule has 0 aliphatic heterocycles. The number of nitrogens with one attached hydrogen (secondary N) is 1. The molecular weight excluding hydrogens is 467 g/mol. The molecule has 3 aromatic carbocycles. The molecule has 35 heavy (non-hydrogen) atoms. The molecule has 8 heteroatoms. The summed E-state index contributed by atoms with van der Waals surface area (Å²) in [6.45, 7) is 2.84. The average molecular weight is 499 g/mol. The lowest BCUT2D eigenvalue weighted by molar-refractivity contribution is 0.0947. The Kier molecular flexibility index (Phi) is 9.25. The first kappa shape index (κ1) is 26.2. The van der Waals surface area contributed by atoms with Crippen LogP contribution in [0, 0.1) is 5.82 Å². The highest BCUT2D eigenvalue weighted by atomic mass is 32.2. The van der Waals surface area contributed by atoms with Crippen LogP contribution in [0.4, 0.5) is 10.1 Å². The van der Waals surface area contributed by atoms with Crippen LogP contribution < -0.4 is 14.4 Å². The van der Waals surface area contributed by atoms with Crippen LogP contribution >= 0.6 is 0 Å². The van der Waals surface area contributed by atoms with Crippen molar-refractivity contribution in [2.45, 2.75) is 32.7 Å². The molecule has 0 bridgehead atoms. The second-order valence-corrected chi connectivity index (χ2v) is 10.2. The summed E-state index contributed by atoms with van der Waals surface area (Å²) < 4.78 is 44.7. The first-order chi connectivity index (χ1) is 16.8. The maximum atomic E-state index is 12.9. The Morgan fingerprint density at radius 3 is 2.17 bits per heavy atom. The lowest BCUT2D eigenvalue weighted by Crippen LogP contribution is -2.29. The minimum absolute atomic E-state index is 0.167. The molecular formula is C27H31FN2O4S. The molecule has 0 aromatic heterocycles. The first-order valence-corrected chi connectivity index (χ1v) is 13.4. The number of amides is 1. The zero-order valence-corrected chi connectivity index (χ0v) is 20.9. The number of sulfonamides is 1. The summed E-state index contributed by atoms with van der Waals surface area (Å²) in [7, 11) is -3.49. The topological polar surface area (TPSA) is 75.7 Å². The van der Waals surface area contributed by atoms with Crippen LogP contribution in [0.1, 0.15) is 41.3 Å². The Morgan fingerprint density at radius 1 is 0.943 bits per heavy atom. The number of unbranched alkanes of at least 4 members (excludes halogenated alkanes) is 1. The van der Waals surface area contributed by atoms with Gasteiger partial charge in [0.1, 0.15) is 18.2 Å². The molecule has 0 aliphatic rings. The molecule has 1 amide bonds. The molecule has 186 valence electrons. The molecule has 0 saturated heterocycles. The summed E-state index contributed by atoms with van der Waals surface area (Å²) in [6, 6.07) is 20.1. The van der Waals surface area contributed by atoms with Crippen molar-refractivity contribution >= 4 is 21.6 Å². The number of benzene rings is 3. The van der Waals surface area contributed by atoms with Crippen molar-refractivity contribution in [3.63, 3.8) is 0 Å². The van der Waals surface area contributed by atoms with Crippen LogP contribution in [0.5, 0.6) is 5.75 Å². The maximum Gasteiger partial charge on any atom is 0.251 e. The molecule has 0 radical (unpaired) electrons. The van der Waals surface area contributed by atoms with Gasteiger partial charge in [-0.15, -0.1) is 0 Å². The molecule has 1 N–H and O–H groups in total. The summed E-state index contributed by atoms with van der Waals surface area (Å²) in [6.07, 6.45) is 4.36. The highest BCUT2D eigenvalue weighted by Crippen LogP contribution is 2.22. The zero-order chi connectivity index (χ0) is 25.3. The lowest BCUT2D eigenvalue weighted by atomic mass is 10.1. The third-order valence-electron chi connectivity index (χ3n) is 5.46. The number of carbonyl (C=O) groups excluding carboxylic acids is 1. The van der Waals surface area contributed by atoms with Crippen LogP contribution in [-0.2, 0) is 23.0 Å². The minimum Gasteiger partial charge on any atom is -0.492 e. The molecule has 0 spiro atoms. The average Bonchev–Trinajstić information content (AvgIpc) is 2.85. The second kappa shape index (κ2) is 12.4. The maximum absolute atomic E-state index is 12.9. The van der Waals surface area contributed by atoms with Crippen molar-refractivity contribution in [3.05, 3.63) is 95.3 Å². The highest BCUT2D eigenvalue weighted by molar-refractivity contribution is 7.92. The van der Waals surface area contributed by atoms with E-state index in [1.807, 2.05) is 24.3 Å². The predicted molar refractivity (Wildman–Crippen MR) is 137 cm³/mol. The molecule has 6 nitrogen and oxygen atoms in total. The van der Waals surface area contributed by atoms with Gasteiger partial charge < -0.3 is 10.1 Å². The van der Waals surface area contributed by atoms with Crippen LogP contribution in [0.3, 0.4) is 0 Å². The Bertz CT molecular complexity index is 1200. The fourth-order valence-corrected chi connectivity index (χ4v) is 4.39. The van der Waals surface area contributed by atoms with Gasteiger partial charge in [-0.3, -0.25) is 9.10 Å². The fraction of sp³-hybridized carbons (Fsp3) is 0.296. The van der Waals surface area contributed by atoms with Gasteiger partial charge >= 0.3 is 0 Å². The summed E-state index contributed by atoms with van der Waals surface area (Å²) in [5.41, 5.74) is 3.02. The van der Waals surface area contributed by atoms with E-state index in [1.165, 1.54) is 40.4 Å². The molecule has 0 unspecified atom stereocenters. The molecule has 0 atom stereocenters. The number of nitrogens with zero attached hydrogens (tertiary/aromatic N) is 1. The number of hydrogen-bond donors (Lipinski definition) is 1. The van der Waals surface area contributed by atoms with Gasteiger partial charge in [-0.25, -0.2) is 12.8 Å². The normalized spacial score (nSPS) is 11.2. The summed E-state index contributed by atoms with van der Waals surface area (Å²) >= 11 is 0. The largest absolute Gasteiger partial charge is 0.492 e. The summed E-state index contributed by atoms with van der Waals surface area (Å²) in [5, 5.41) is 2.77. The number of rotatable bonds is 12. The van der Waals surface area contributed by atoms with E-state index in [2.05, 4.69) is 12.2 Å². The van der Waals surface area contributed by atoms with Crippen molar-refractivity contribution in [1.82, 2.24) is 5.32 Å². The van der Waals surface area contributed by atoms with Gasteiger partial charge in [0.05, 0.1) is 25.0 Å². The first-order valence-electron chi connectivity index (χ1n) is 11.6. The van der Waals surface area contributed by atoms with Crippen molar-refractivity contribution in [3.8, 4) is 5.75 Å². The quantitative estimate of drug-likeness (QED) is 0.359. The lowest BCUT2D eigenvalue weighted by Gasteiger charge is -2.23. The second-order valence-electron chi connectivity index (χ2n) is 8.29. The standard InChI is InChI=1S/C27H31FN2O4S/c1-3-4-5-21-8-14-25(15-9-21)30(35(2,32)33)20-22-6-10-23(11-7-22)27(31)29-18-19-34-26-16-12-24(28)13-17-26/h6-17H,3-5,18-20H2,1-2H3,(H,29,31). The van der Waals surface area contributed by atoms with Crippen molar-refractivity contribution in [2.75, 3.05) is 23.7 Å². The number of ether oxygens (including phenoxy) is 1. The van der Waals surface area contributed by atoms with E-state index in [1.54, 1.807) is 24.3 Å². The Balaban J connectivity index is 1.56. The van der Waals surface area contributed by atoms with Gasteiger partial charge in [-0.2, -0.15) is 0 Å². The van der Waals surface area contributed by atoms with E-state index in [0.29, 0.717) is 17.0 Å². The predicted octanol–water partition coefficient (Wildman–Crippen LogP) is 4.94. The van der Waals surface area contributed by atoms with Gasteiger partial charge in [-0.1, -0.05) is 37.6 Å². The number of hydrogen-bond acceptors (Lipinski definition) is 4. The summed E-state index contributed by atoms with van der Waals surface area (Å²) in [4.78, 5) is 12.4. The van der Waals surface area contributed by atoms with Crippen molar-refractivity contribution < 1.29 is 22.3 Å². The molecule has 0 heterocycles. The molecule has 0 saturated carbocycles. The number of aryl methyl sites for hydroxylation is 1. The number of anilines is 1. The monoisotopic (exact) mass is 498 g/mol. The molecule has 3 rings (SSSR count). The Hall–Kier alpha value is -3.39. The van der Waals surface area contributed by atoms with Gasteiger partial charge in [0.2, 0.25) is 10.0 Å². The Labute approximate surface area is 206 Å². The Morgan fingerprint density at radius 2 is 1.57 bits per heavy atom. The van der Waals surface area contributed by atoms with Crippen molar-refractivity contribution in [1.29, 1.82) is 0 Å². The molecule has 0 fully saturated rings. The van der Waals surface area contributed by atoms with E-state index >= 15 is 0 Å². The SMILES string of the molecule is CCCCc1ccc(N(Cc2ccc(C(=O)NCCOc3ccc(F)cc3)cc2)S(C)(=O)=O)cc1. The van der Waals surface area contributed by atoms with Gasteiger partial charge in [-0.05, 0) is 72.5 Å². The van der Waals surface area contributed by atoms with Crippen LogP contribution in [0.25, 0.3) is 0 Å². The van der Waals surface area contributed by atoms with Gasteiger partial charge in [0.25, 0.3) is 5.91 Å². The van der Waals surface area contributed by atoms with E-state index < -0.39 is 10.0 Å². The van der Waals surface area contributed by atoms with Crippen LogP contribution in [-0.4, -0.2) is 33.7 Å². The smallest absolute Gasteiger partial charge is 0.251 e. The van der Waals surface area contributed by atoms with Crippen LogP contribution in [0.15, 0.2) is 72.8 Å². The highest BCUT2D eigenvalue weighted by Gasteiger charge is 2.18. The van der Waals surface area contributed by atoms with E-state index in [9.17, 15) is 17.6 Å². The number of halogens is 1. The third kappa shape index (κ3) is 8.10. The summed E-state index contributed by atoms with van der Waals surface area (Å²) in [5.74, 6) is -0.0769. The van der Waals surface area contributed by atoms with E-state index in [0.717, 1.165) is 24.8 Å². The number of carbonyl (C=O) groups is 1. The van der Waals surface area contributed by atoms with Gasteiger partial charge in [0, 0.05) is 5.56 Å². The zero-order valence-electron chi connectivity index (χ0n) is 20.0. The fourth-order valence-electron chi connectivity index (χ4n) is 3.50. The minimum atomic E-state index is -3.49. The molecule has 0 aliphatic carbocycles. The van der Waals surface area contributed by atoms with Gasteiger partial charge in [0.15, 0.2) is 0 Å². The van der Waals surface area contributed by atoms with E-state index in [-0.39, 0.29) is 31.4 Å². The molecule has 3 aromatic rings.